The van der Waals surface area contributed by atoms with Crippen molar-refractivity contribution in [3.8, 4) is 11.4 Å². The summed E-state index contributed by atoms with van der Waals surface area (Å²) in [5.74, 6) is 0.860. The smallest absolute Gasteiger partial charge is 0.254 e. The number of anilines is 1. The summed E-state index contributed by atoms with van der Waals surface area (Å²) in [6, 6.07) is 12.7. The van der Waals surface area contributed by atoms with Gasteiger partial charge in [0.25, 0.3) is 5.91 Å². The van der Waals surface area contributed by atoms with Crippen LogP contribution in [0.15, 0.2) is 47.0 Å². The minimum atomic E-state index is -0.161. The molecule has 0 unspecified atom stereocenters. The van der Waals surface area contributed by atoms with Gasteiger partial charge in [-0.2, -0.15) is 4.98 Å². The Morgan fingerprint density at radius 1 is 1.09 bits per heavy atom. The number of benzene rings is 2. The van der Waals surface area contributed by atoms with Gasteiger partial charge in [-0.15, -0.1) is 0 Å². The molecule has 1 N–H and O–H groups in total. The molecular weight excluding hydrogens is 430 g/mol. The lowest BCUT2D eigenvalue weighted by molar-refractivity contribution is -0.114. The number of hydrogen-bond donors (Lipinski definition) is 1. The van der Waals surface area contributed by atoms with Crippen LogP contribution in [0.3, 0.4) is 0 Å². The lowest BCUT2D eigenvalue weighted by Crippen LogP contribution is -2.48. The average molecular weight is 454 g/mol. The first-order valence-electron chi connectivity index (χ1n) is 10.4. The van der Waals surface area contributed by atoms with Crippen LogP contribution >= 0.6 is 11.6 Å². The lowest BCUT2D eigenvalue weighted by Gasteiger charge is -2.34. The quantitative estimate of drug-likeness (QED) is 0.634. The molecule has 4 rings (SSSR count). The first-order valence-corrected chi connectivity index (χ1v) is 10.8. The maximum absolute atomic E-state index is 12.9. The second-order valence-electron chi connectivity index (χ2n) is 7.80. The third-order valence-corrected chi connectivity index (χ3v) is 5.64. The number of aryl methyl sites for hydroxylation is 1. The summed E-state index contributed by atoms with van der Waals surface area (Å²) in [5.41, 5.74) is 2.99. The van der Waals surface area contributed by atoms with Gasteiger partial charge in [0.1, 0.15) is 0 Å². The van der Waals surface area contributed by atoms with E-state index in [4.69, 9.17) is 16.1 Å². The Labute approximate surface area is 191 Å². The number of hydrogen-bond acceptors (Lipinski definition) is 6. The van der Waals surface area contributed by atoms with Gasteiger partial charge in [0.05, 0.1) is 6.54 Å². The molecular formula is C23H24ClN5O3. The zero-order chi connectivity index (χ0) is 22.7. The molecule has 2 aromatic carbocycles. The SMILES string of the molecule is CC(=O)Nc1cc(C(=O)N2CCN(Cc3nc(-c4ccc(Cl)cc4)no3)CC2)ccc1C. The van der Waals surface area contributed by atoms with Crippen LogP contribution in [0.25, 0.3) is 11.4 Å². The van der Waals surface area contributed by atoms with E-state index in [0.29, 0.717) is 60.7 Å². The fraction of sp³-hybridized carbons (Fsp3) is 0.304. The zero-order valence-corrected chi connectivity index (χ0v) is 18.7. The molecule has 8 nitrogen and oxygen atoms in total. The van der Waals surface area contributed by atoms with Crippen LogP contribution < -0.4 is 5.32 Å². The predicted octanol–water partition coefficient (Wildman–Crippen LogP) is 3.61. The van der Waals surface area contributed by atoms with E-state index in [1.807, 2.05) is 30.0 Å². The van der Waals surface area contributed by atoms with Crippen LogP contribution in [0, 0.1) is 6.92 Å². The number of nitrogens with one attached hydrogen (secondary N) is 1. The molecule has 3 aromatic rings. The maximum Gasteiger partial charge on any atom is 0.254 e. The number of carbonyl (C=O) groups excluding carboxylic acids is 2. The van der Waals surface area contributed by atoms with Crippen LogP contribution in [0.2, 0.25) is 5.02 Å². The van der Waals surface area contributed by atoms with Crippen LogP contribution in [0.1, 0.15) is 28.7 Å². The number of piperazine rings is 1. The predicted molar refractivity (Wildman–Crippen MR) is 121 cm³/mol. The van der Waals surface area contributed by atoms with Crippen LogP contribution in [0.5, 0.6) is 0 Å². The molecule has 0 atom stereocenters. The molecule has 0 radical (unpaired) electrons. The Bertz CT molecular complexity index is 1120. The minimum absolute atomic E-state index is 0.0425. The first kappa shape index (κ1) is 22.0. The topological polar surface area (TPSA) is 91.6 Å². The second-order valence-corrected chi connectivity index (χ2v) is 8.23. The van der Waals surface area contributed by atoms with Gasteiger partial charge in [-0.3, -0.25) is 14.5 Å². The van der Waals surface area contributed by atoms with Crippen molar-refractivity contribution in [1.82, 2.24) is 19.9 Å². The van der Waals surface area contributed by atoms with E-state index in [9.17, 15) is 9.59 Å². The van der Waals surface area contributed by atoms with E-state index in [-0.39, 0.29) is 11.8 Å². The third kappa shape index (κ3) is 5.15. The summed E-state index contributed by atoms with van der Waals surface area (Å²) in [5, 5.41) is 7.48. The molecule has 0 bridgehead atoms. The fourth-order valence-electron chi connectivity index (χ4n) is 3.60. The number of amides is 2. The summed E-state index contributed by atoms with van der Waals surface area (Å²) >= 11 is 5.93. The maximum atomic E-state index is 12.9. The number of aromatic nitrogens is 2. The number of halogens is 1. The minimum Gasteiger partial charge on any atom is -0.338 e. The summed E-state index contributed by atoms with van der Waals surface area (Å²) in [6.07, 6.45) is 0. The van der Waals surface area contributed by atoms with Crippen molar-refractivity contribution >= 4 is 29.1 Å². The van der Waals surface area contributed by atoms with Gasteiger partial charge in [0.2, 0.25) is 17.6 Å². The number of nitrogens with zero attached hydrogens (tertiary/aromatic N) is 4. The van der Waals surface area contributed by atoms with E-state index in [2.05, 4.69) is 20.4 Å². The molecule has 1 aromatic heterocycles. The van der Waals surface area contributed by atoms with Crippen molar-refractivity contribution < 1.29 is 14.1 Å². The molecule has 1 fully saturated rings. The standard InChI is InChI=1S/C23H24ClN5O3/c1-15-3-4-18(13-20(15)25-16(2)30)23(31)29-11-9-28(10-12-29)14-21-26-22(27-32-21)17-5-7-19(24)8-6-17/h3-8,13H,9-12,14H2,1-2H3,(H,25,30). The summed E-state index contributed by atoms with van der Waals surface area (Å²) in [6.45, 7) is 6.48. The normalized spacial score (nSPS) is 14.4. The van der Waals surface area contributed by atoms with Gasteiger partial charge in [0.15, 0.2) is 0 Å². The summed E-state index contributed by atoms with van der Waals surface area (Å²) < 4.78 is 5.40. The largest absolute Gasteiger partial charge is 0.338 e. The zero-order valence-electron chi connectivity index (χ0n) is 18.0. The van der Waals surface area contributed by atoms with Crippen LogP contribution in [-0.4, -0.2) is 57.9 Å². The highest BCUT2D eigenvalue weighted by atomic mass is 35.5. The highest BCUT2D eigenvalue weighted by Crippen LogP contribution is 2.21. The molecule has 1 saturated heterocycles. The Morgan fingerprint density at radius 3 is 2.50 bits per heavy atom. The lowest BCUT2D eigenvalue weighted by atomic mass is 10.1. The summed E-state index contributed by atoms with van der Waals surface area (Å²) in [7, 11) is 0. The molecule has 2 heterocycles. The molecule has 9 heteroatoms. The van der Waals surface area contributed by atoms with Gasteiger partial charge in [-0.05, 0) is 48.9 Å². The van der Waals surface area contributed by atoms with Gasteiger partial charge >= 0.3 is 0 Å². The molecule has 32 heavy (non-hydrogen) atoms. The van der Waals surface area contributed by atoms with Gasteiger partial charge in [-0.25, -0.2) is 0 Å². The number of rotatable bonds is 5. The van der Waals surface area contributed by atoms with Crippen molar-refractivity contribution in [1.29, 1.82) is 0 Å². The fourth-order valence-corrected chi connectivity index (χ4v) is 3.72. The van der Waals surface area contributed by atoms with Crippen molar-refractivity contribution in [3.05, 3.63) is 64.5 Å². The van der Waals surface area contributed by atoms with Crippen molar-refractivity contribution in [3.63, 3.8) is 0 Å². The van der Waals surface area contributed by atoms with Gasteiger partial charge in [-0.1, -0.05) is 22.8 Å². The molecule has 1 aliphatic heterocycles. The molecule has 0 aliphatic carbocycles. The van der Waals surface area contributed by atoms with Crippen LogP contribution in [-0.2, 0) is 11.3 Å². The Balaban J connectivity index is 1.34. The van der Waals surface area contributed by atoms with Crippen molar-refractivity contribution in [2.45, 2.75) is 20.4 Å². The van der Waals surface area contributed by atoms with E-state index < -0.39 is 0 Å². The molecule has 2 amide bonds. The van der Waals surface area contributed by atoms with E-state index in [1.165, 1.54) is 6.92 Å². The van der Waals surface area contributed by atoms with E-state index in [1.54, 1.807) is 24.3 Å². The van der Waals surface area contributed by atoms with Crippen molar-refractivity contribution in [2.75, 3.05) is 31.5 Å². The average Bonchev–Trinajstić information content (AvgIpc) is 3.24. The molecule has 166 valence electrons. The highest BCUT2D eigenvalue weighted by Gasteiger charge is 2.24. The van der Waals surface area contributed by atoms with Crippen LogP contribution in [0.4, 0.5) is 5.69 Å². The molecule has 0 spiro atoms. The Kier molecular flexibility index (Phi) is 6.53. The second kappa shape index (κ2) is 9.50. The highest BCUT2D eigenvalue weighted by molar-refractivity contribution is 6.30. The molecule has 1 aliphatic rings. The Hall–Kier alpha value is -3.23. The van der Waals surface area contributed by atoms with Crippen molar-refractivity contribution in [2.24, 2.45) is 0 Å². The van der Waals surface area contributed by atoms with Gasteiger partial charge < -0.3 is 14.7 Å². The molecule has 0 saturated carbocycles. The monoisotopic (exact) mass is 453 g/mol. The number of carbonyl (C=O) groups is 2. The van der Waals surface area contributed by atoms with E-state index in [0.717, 1.165) is 11.1 Å². The third-order valence-electron chi connectivity index (χ3n) is 5.38. The van der Waals surface area contributed by atoms with E-state index >= 15 is 0 Å². The first-order chi connectivity index (χ1) is 15.4. The Morgan fingerprint density at radius 2 is 1.81 bits per heavy atom. The van der Waals surface area contributed by atoms with Gasteiger partial charge in [0, 0.05) is 54.9 Å². The summed E-state index contributed by atoms with van der Waals surface area (Å²) in [4.78, 5) is 32.8.